The van der Waals surface area contributed by atoms with E-state index in [1.165, 1.54) is 0 Å². The lowest BCUT2D eigenvalue weighted by Crippen LogP contribution is -2.40. The number of ether oxygens (including phenoxy) is 1. The summed E-state index contributed by atoms with van der Waals surface area (Å²) in [5.41, 5.74) is 5.69. The molecule has 1 saturated carbocycles. The summed E-state index contributed by atoms with van der Waals surface area (Å²) in [5, 5.41) is 3.23. The molecule has 1 aliphatic carbocycles. The van der Waals surface area contributed by atoms with Crippen LogP contribution in [-0.4, -0.2) is 43.8 Å². The van der Waals surface area contributed by atoms with Crippen LogP contribution in [0.25, 0.3) is 5.95 Å². The molecule has 100 valence electrons. The third kappa shape index (κ3) is 2.48. The predicted octanol–water partition coefficient (Wildman–Crippen LogP) is 0.229. The summed E-state index contributed by atoms with van der Waals surface area (Å²) >= 11 is 0. The normalized spacial score (nSPS) is 21.9. The van der Waals surface area contributed by atoms with Gasteiger partial charge in [-0.2, -0.15) is 15.0 Å². The van der Waals surface area contributed by atoms with Crippen molar-refractivity contribution in [2.24, 2.45) is 0 Å². The number of nitrogens with one attached hydrogen (secondary N) is 1. The first-order chi connectivity index (χ1) is 9.24. The maximum Gasteiger partial charge on any atom is 0.241 e. The van der Waals surface area contributed by atoms with Gasteiger partial charge in [0.1, 0.15) is 6.33 Å². The van der Waals surface area contributed by atoms with E-state index in [1.807, 2.05) is 0 Å². The highest BCUT2D eigenvalue weighted by Crippen LogP contribution is 2.25. The van der Waals surface area contributed by atoms with E-state index in [0.717, 1.165) is 12.8 Å². The Morgan fingerprint density at radius 2 is 2.21 bits per heavy atom. The van der Waals surface area contributed by atoms with E-state index >= 15 is 0 Å². The Kier molecular flexibility index (Phi) is 3.00. The largest absolute Gasteiger partial charge is 0.381 e. The number of imidazole rings is 1. The first kappa shape index (κ1) is 11.8. The van der Waals surface area contributed by atoms with Gasteiger partial charge in [-0.3, -0.25) is 4.57 Å². The SMILES string of the molecule is COC1CC(Nc2nc(N)nc(-n3ccnc3)n2)C1. The topological polar surface area (TPSA) is 104 Å². The summed E-state index contributed by atoms with van der Waals surface area (Å²) in [6, 6.07) is 0.322. The summed E-state index contributed by atoms with van der Waals surface area (Å²) < 4.78 is 6.91. The first-order valence-corrected chi connectivity index (χ1v) is 6.04. The summed E-state index contributed by atoms with van der Waals surface area (Å²) in [4.78, 5) is 16.4. The van der Waals surface area contributed by atoms with Crippen LogP contribution in [0.4, 0.5) is 11.9 Å². The van der Waals surface area contributed by atoms with Gasteiger partial charge >= 0.3 is 0 Å². The third-order valence-corrected chi connectivity index (χ3v) is 3.14. The van der Waals surface area contributed by atoms with Crippen molar-refractivity contribution in [2.45, 2.75) is 25.0 Å². The van der Waals surface area contributed by atoms with Gasteiger partial charge in [0, 0.05) is 25.5 Å². The zero-order valence-electron chi connectivity index (χ0n) is 10.5. The molecule has 1 fully saturated rings. The zero-order valence-corrected chi connectivity index (χ0v) is 10.5. The van der Waals surface area contributed by atoms with Crippen LogP contribution in [0, 0.1) is 0 Å². The Bertz CT molecular complexity index is 550. The second kappa shape index (κ2) is 4.81. The molecule has 0 aromatic carbocycles. The zero-order chi connectivity index (χ0) is 13.2. The molecule has 0 atom stereocenters. The van der Waals surface area contributed by atoms with Crippen molar-refractivity contribution >= 4 is 11.9 Å². The Morgan fingerprint density at radius 3 is 2.89 bits per heavy atom. The Morgan fingerprint density at radius 1 is 1.37 bits per heavy atom. The number of methoxy groups -OCH3 is 1. The van der Waals surface area contributed by atoms with Crippen molar-refractivity contribution in [1.29, 1.82) is 0 Å². The van der Waals surface area contributed by atoms with Crippen LogP contribution in [0.5, 0.6) is 0 Å². The molecule has 0 spiro atoms. The van der Waals surface area contributed by atoms with Crippen molar-refractivity contribution in [2.75, 3.05) is 18.2 Å². The maximum atomic E-state index is 5.69. The van der Waals surface area contributed by atoms with E-state index in [0.29, 0.717) is 24.0 Å². The molecule has 0 unspecified atom stereocenters. The van der Waals surface area contributed by atoms with E-state index in [4.69, 9.17) is 10.5 Å². The lowest BCUT2D eigenvalue weighted by molar-refractivity contribution is 0.0327. The average molecular weight is 261 g/mol. The average Bonchev–Trinajstić information content (AvgIpc) is 2.86. The van der Waals surface area contributed by atoms with Crippen LogP contribution in [0.15, 0.2) is 18.7 Å². The van der Waals surface area contributed by atoms with E-state index in [9.17, 15) is 0 Å². The highest BCUT2D eigenvalue weighted by molar-refractivity contribution is 5.36. The Labute approximate surface area is 110 Å². The van der Waals surface area contributed by atoms with Gasteiger partial charge in [0.2, 0.25) is 17.8 Å². The van der Waals surface area contributed by atoms with E-state index < -0.39 is 0 Å². The third-order valence-electron chi connectivity index (χ3n) is 3.14. The van der Waals surface area contributed by atoms with Gasteiger partial charge in [-0.15, -0.1) is 0 Å². The van der Waals surface area contributed by atoms with Crippen molar-refractivity contribution < 1.29 is 4.74 Å². The standard InChI is InChI=1S/C11H15N7O/c1-19-8-4-7(5-8)14-10-15-9(12)16-11(17-10)18-3-2-13-6-18/h2-3,6-8H,4-5H2,1H3,(H3,12,14,15,16,17). The van der Waals surface area contributed by atoms with E-state index in [-0.39, 0.29) is 5.95 Å². The van der Waals surface area contributed by atoms with Crippen LogP contribution in [0.3, 0.4) is 0 Å². The van der Waals surface area contributed by atoms with Crippen LogP contribution < -0.4 is 11.1 Å². The number of hydrogen-bond donors (Lipinski definition) is 2. The fraction of sp³-hybridized carbons (Fsp3) is 0.455. The van der Waals surface area contributed by atoms with Gasteiger partial charge < -0.3 is 15.8 Å². The molecule has 0 bridgehead atoms. The second-order valence-electron chi connectivity index (χ2n) is 4.46. The van der Waals surface area contributed by atoms with Crippen molar-refractivity contribution in [3.63, 3.8) is 0 Å². The fourth-order valence-corrected chi connectivity index (χ4v) is 2.00. The molecular weight excluding hydrogens is 246 g/mol. The van der Waals surface area contributed by atoms with Crippen LogP contribution in [-0.2, 0) is 4.74 Å². The van der Waals surface area contributed by atoms with Gasteiger partial charge in [0.25, 0.3) is 0 Å². The molecule has 2 heterocycles. The van der Waals surface area contributed by atoms with Crippen LogP contribution in [0.2, 0.25) is 0 Å². The molecule has 19 heavy (non-hydrogen) atoms. The lowest BCUT2D eigenvalue weighted by atomic mass is 9.89. The minimum atomic E-state index is 0.184. The number of hydrogen-bond acceptors (Lipinski definition) is 7. The molecule has 3 N–H and O–H groups in total. The second-order valence-corrected chi connectivity index (χ2v) is 4.46. The molecular formula is C11H15N7O. The molecule has 0 saturated heterocycles. The molecule has 0 aliphatic heterocycles. The van der Waals surface area contributed by atoms with Gasteiger partial charge in [-0.05, 0) is 12.8 Å². The first-order valence-electron chi connectivity index (χ1n) is 6.04. The lowest BCUT2D eigenvalue weighted by Gasteiger charge is -2.34. The summed E-state index contributed by atoms with van der Waals surface area (Å²) in [6.45, 7) is 0. The molecule has 8 nitrogen and oxygen atoms in total. The van der Waals surface area contributed by atoms with Crippen molar-refractivity contribution in [3.8, 4) is 5.95 Å². The van der Waals surface area contributed by atoms with E-state index in [1.54, 1.807) is 30.4 Å². The number of anilines is 2. The van der Waals surface area contributed by atoms with Gasteiger partial charge in [0.05, 0.1) is 6.10 Å². The Balaban J connectivity index is 1.75. The quantitative estimate of drug-likeness (QED) is 0.811. The molecule has 0 amide bonds. The van der Waals surface area contributed by atoms with E-state index in [2.05, 4.69) is 25.3 Å². The van der Waals surface area contributed by atoms with Gasteiger partial charge in [-0.1, -0.05) is 0 Å². The molecule has 2 aromatic rings. The summed E-state index contributed by atoms with van der Waals surface area (Å²) in [6.07, 6.45) is 7.24. The molecule has 8 heteroatoms. The number of nitrogens with two attached hydrogens (primary N) is 1. The maximum absolute atomic E-state index is 5.69. The highest BCUT2D eigenvalue weighted by atomic mass is 16.5. The fourth-order valence-electron chi connectivity index (χ4n) is 2.00. The summed E-state index contributed by atoms with van der Waals surface area (Å²) in [7, 11) is 1.72. The monoisotopic (exact) mass is 261 g/mol. The number of nitrogens with zero attached hydrogens (tertiary/aromatic N) is 5. The van der Waals surface area contributed by atoms with Gasteiger partial charge in [0.15, 0.2) is 0 Å². The molecule has 1 aliphatic rings. The minimum Gasteiger partial charge on any atom is -0.381 e. The highest BCUT2D eigenvalue weighted by Gasteiger charge is 2.29. The minimum absolute atomic E-state index is 0.184. The smallest absolute Gasteiger partial charge is 0.241 e. The number of nitrogen functional groups attached to an aromatic ring is 1. The predicted molar refractivity (Wildman–Crippen MR) is 68.8 cm³/mol. The Hall–Kier alpha value is -2.22. The van der Waals surface area contributed by atoms with Crippen LogP contribution >= 0.6 is 0 Å². The molecule has 0 radical (unpaired) electrons. The van der Waals surface area contributed by atoms with Crippen LogP contribution in [0.1, 0.15) is 12.8 Å². The van der Waals surface area contributed by atoms with Crippen molar-refractivity contribution in [1.82, 2.24) is 24.5 Å². The number of rotatable bonds is 4. The van der Waals surface area contributed by atoms with Gasteiger partial charge in [-0.25, -0.2) is 4.98 Å². The van der Waals surface area contributed by atoms with Crippen molar-refractivity contribution in [3.05, 3.63) is 18.7 Å². The molecule has 2 aromatic heterocycles. The number of aromatic nitrogens is 5. The summed E-state index contributed by atoms with van der Waals surface area (Å²) in [5.74, 6) is 1.12. The molecule has 3 rings (SSSR count).